The zero-order chi connectivity index (χ0) is 7.82. The molecular weight excluding hydrogens is 243 g/mol. The minimum Gasteiger partial charge on any atom is -0.750 e. The van der Waals surface area contributed by atoms with Crippen molar-refractivity contribution in [1.82, 2.24) is 0 Å². The maximum Gasteiger partial charge on any atom is 2.00 e. The second-order valence-electron chi connectivity index (χ2n) is 1.29. The van der Waals surface area contributed by atoms with Gasteiger partial charge in [-0.25, -0.2) is 4.21 Å². The summed E-state index contributed by atoms with van der Waals surface area (Å²) in [7, 11) is 0. The topological polar surface area (TPSA) is 60.4 Å². The first-order chi connectivity index (χ1) is 4.73. The van der Waals surface area contributed by atoms with Gasteiger partial charge in [0.1, 0.15) is 0 Å². The summed E-state index contributed by atoms with van der Waals surface area (Å²) >= 11 is -2.86. The Morgan fingerprint density at radius 1 is 1.27 bits per heavy atom. The quantitative estimate of drug-likeness (QED) is 0.547. The van der Waals surface area contributed by atoms with E-state index in [-0.39, 0.29) is 26.2 Å². The first kappa shape index (κ1) is 13.7. The monoisotopic (exact) mass is 248 g/mol. The molecule has 0 spiro atoms. The van der Waals surface area contributed by atoms with E-state index >= 15 is 0 Å². The molecule has 5 heteroatoms. The van der Waals surface area contributed by atoms with E-state index in [1.54, 1.807) is 0 Å². The summed E-state index contributed by atoms with van der Waals surface area (Å²) < 4.78 is 24.1. The largest absolute Gasteiger partial charge is 2.00 e. The summed E-state index contributed by atoms with van der Waals surface area (Å²) in [5.74, 6) is 0. The Morgan fingerprint density at radius 3 is 1.73 bits per heavy atom. The molecule has 0 saturated heterocycles. The van der Waals surface area contributed by atoms with Gasteiger partial charge in [-0.2, -0.15) is 36.4 Å². The molecule has 11 heavy (non-hydrogen) atoms. The van der Waals surface area contributed by atoms with Gasteiger partial charge in [-0.15, -0.1) is 0 Å². The van der Waals surface area contributed by atoms with Gasteiger partial charge in [0, 0.05) is 0 Å². The van der Waals surface area contributed by atoms with Crippen molar-refractivity contribution in [3.05, 3.63) is 36.4 Å². The summed E-state index contributed by atoms with van der Waals surface area (Å²) in [5, 5.41) is 0. The van der Waals surface area contributed by atoms with Crippen LogP contribution in [0.25, 0.3) is 0 Å². The number of hydrogen-bond acceptors (Lipinski definition) is 2. The third-order valence-corrected chi connectivity index (χ3v) is 0.607. The second kappa shape index (κ2) is 10.2. The maximum absolute atomic E-state index is 8.56. The van der Waals surface area contributed by atoms with Crippen molar-refractivity contribution in [2.45, 2.75) is 0 Å². The van der Waals surface area contributed by atoms with Crippen LogP contribution in [0.3, 0.4) is 0 Å². The average Bonchev–Trinajstić information content (AvgIpc) is 1.90. The molecule has 0 aromatic heterocycles. The van der Waals surface area contributed by atoms with Crippen molar-refractivity contribution < 1.29 is 39.5 Å². The minimum atomic E-state index is -2.86. The van der Waals surface area contributed by atoms with Gasteiger partial charge in [-0.1, -0.05) is 0 Å². The van der Waals surface area contributed by atoms with Crippen LogP contribution in [0.5, 0.6) is 0 Å². The van der Waals surface area contributed by atoms with E-state index in [1.807, 2.05) is 30.3 Å². The Kier molecular flexibility index (Phi) is 12.7. The molecule has 0 aliphatic carbocycles. The summed E-state index contributed by atoms with van der Waals surface area (Å²) in [6, 6.07) is 12.5. The summed E-state index contributed by atoms with van der Waals surface area (Å²) in [6.07, 6.45) is 0. The van der Waals surface area contributed by atoms with Crippen LogP contribution < -0.4 is 0 Å². The molecule has 0 bridgehead atoms. The molecule has 0 amide bonds. The van der Waals surface area contributed by atoms with E-state index < -0.39 is 11.4 Å². The van der Waals surface area contributed by atoms with Gasteiger partial charge in [-0.05, 0) is 0 Å². The van der Waals surface area contributed by atoms with Crippen LogP contribution in [0.2, 0.25) is 0 Å². The summed E-state index contributed by atoms with van der Waals surface area (Å²) in [6.45, 7) is 0. The molecule has 1 aromatic rings. The fourth-order valence-electron chi connectivity index (χ4n) is 0.342. The Balaban J connectivity index is 0. The van der Waals surface area contributed by atoms with Gasteiger partial charge in [0.2, 0.25) is 0 Å². The van der Waals surface area contributed by atoms with E-state index in [0.717, 1.165) is 0 Å². The molecule has 3 nitrogen and oxygen atoms in total. The number of rotatable bonds is 0. The standard InChI is InChI=1S/C6H5.H2O3S.Zr/c1-2-4-6-5-3-1;1-4(2)3;/h1-5H;(H2,1,2,3);/q-1;;+2/p-1. The van der Waals surface area contributed by atoms with Gasteiger partial charge in [0.25, 0.3) is 0 Å². The summed E-state index contributed by atoms with van der Waals surface area (Å²) in [4.78, 5) is 0. The first-order valence-corrected chi connectivity index (χ1v) is 3.46. The molecular formula is C6H6O3SZr. The van der Waals surface area contributed by atoms with Gasteiger partial charge in [0.15, 0.2) is 0 Å². The fourth-order valence-corrected chi connectivity index (χ4v) is 0.342. The van der Waals surface area contributed by atoms with Gasteiger partial charge < -0.3 is 9.11 Å². The summed E-state index contributed by atoms with van der Waals surface area (Å²) in [5.41, 5.74) is 0. The molecule has 0 radical (unpaired) electrons. The molecule has 1 atom stereocenters. The zero-order valence-electron chi connectivity index (χ0n) is 5.56. The van der Waals surface area contributed by atoms with Crippen LogP contribution in [0, 0.1) is 6.07 Å². The van der Waals surface area contributed by atoms with Crippen LogP contribution >= 0.6 is 0 Å². The number of hydrogen-bond donors (Lipinski definition) is 1. The van der Waals surface area contributed by atoms with E-state index in [2.05, 4.69) is 6.07 Å². The van der Waals surface area contributed by atoms with E-state index in [9.17, 15) is 0 Å². The predicted molar refractivity (Wildman–Crippen MR) is 36.8 cm³/mol. The Morgan fingerprint density at radius 2 is 1.64 bits per heavy atom. The van der Waals surface area contributed by atoms with Crippen molar-refractivity contribution in [1.29, 1.82) is 0 Å². The number of benzene rings is 1. The molecule has 0 aliphatic heterocycles. The molecule has 1 rings (SSSR count). The van der Waals surface area contributed by atoms with Crippen LogP contribution in [0.1, 0.15) is 0 Å². The second-order valence-corrected chi connectivity index (χ2v) is 1.73. The van der Waals surface area contributed by atoms with Crippen LogP contribution in [0.4, 0.5) is 0 Å². The maximum atomic E-state index is 8.56. The van der Waals surface area contributed by atoms with E-state index in [0.29, 0.717) is 0 Å². The van der Waals surface area contributed by atoms with Gasteiger partial charge in [0.05, 0.1) is 11.4 Å². The van der Waals surface area contributed by atoms with Gasteiger partial charge >= 0.3 is 26.2 Å². The molecule has 0 heterocycles. The smallest absolute Gasteiger partial charge is 0.750 e. The first-order valence-electron chi connectivity index (χ1n) is 2.43. The van der Waals surface area contributed by atoms with Crippen molar-refractivity contribution in [2.75, 3.05) is 0 Å². The Labute approximate surface area is 87.1 Å². The normalized spacial score (nSPS) is 10.0. The molecule has 1 N–H and O–H groups in total. The SMILES string of the molecule is O=S([O-])O.[Zr+2].[c-]1ccccc1. The average molecular weight is 249 g/mol. The molecule has 1 aromatic carbocycles. The van der Waals surface area contributed by atoms with Crippen LogP contribution in [-0.4, -0.2) is 13.3 Å². The van der Waals surface area contributed by atoms with Gasteiger partial charge in [-0.3, -0.25) is 0 Å². The Bertz CT molecular complexity index is 150. The molecule has 58 valence electrons. The van der Waals surface area contributed by atoms with E-state index in [1.165, 1.54) is 0 Å². The molecule has 0 fully saturated rings. The van der Waals surface area contributed by atoms with Crippen molar-refractivity contribution >= 4 is 11.4 Å². The molecule has 0 saturated carbocycles. The van der Waals surface area contributed by atoms with Crippen LogP contribution in [0.15, 0.2) is 30.3 Å². The molecule has 0 aliphatic rings. The Hall–Kier alpha value is 0.173. The predicted octanol–water partition coefficient (Wildman–Crippen LogP) is 0.823. The molecule has 1 unspecified atom stereocenters. The third-order valence-electron chi connectivity index (χ3n) is 0.607. The fraction of sp³-hybridized carbons (Fsp3) is 0. The minimum absolute atomic E-state index is 0. The van der Waals surface area contributed by atoms with Crippen LogP contribution in [-0.2, 0) is 37.6 Å². The van der Waals surface area contributed by atoms with E-state index in [4.69, 9.17) is 13.3 Å². The van der Waals surface area contributed by atoms with Crippen molar-refractivity contribution in [2.24, 2.45) is 0 Å². The van der Waals surface area contributed by atoms with Crippen molar-refractivity contribution in [3.8, 4) is 0 Å². The third kappa shape index (κ3) is 17.8. The van der Waals surface area contributed by atoms with Crippen molar-refractivity contribution in [3.63, 3.8) is 0 Å². The zero-order valence-corrected chi connectivity index (χ0v) is 8.83.